The normalized spacial score (nSPS) is 21.2. The van der Waals surface area contributed by atoms with E-state index < -0.39 is 10.2 Å². The monoisotopic (exact) mass is 354 g/mol. The fraction of sp³-hybridized carbons (Fsp3) is 0.278. The highest BCUT2D eigenvalue weighted by molar-refractivity contribution is 7.94. The van der Waals surface area contributed by atoms with Gasteiger partial charge in [0.15, 0.2) is 6.19 Å². The van der Waals surface area contributed by atoms with Gasteiger partial charge in [-0.25, -0.2) is 8.61 Å². The van der Waals surface area contributed by atoms with Crippen molar-refractivity contribution in [1.82, 2.24) is 4.90 Å². The smallest absolute Gasteiger partial charge is 0.308 e. The fourth-order valence-electron chi connectivity index (χ4n) is 3.54. The average Bonchev–Trinajstić information content (AvgIpc) is 3.17. The highest BCUT2D eigenvalue weighted by Crippen LogP contribution is 2.43. The molecule has 0 spiro atoms. The average molecular weight is 354 g/mol. The second-order valence-corrected chi connectivity index (χ2v) is 8.00. The van der Waals surface area contributed by atoms with Crippen LogP contribution in [0.15, 0.2) is 54.6 Å². The number of benzene rings is 2. The maximum Gasteiger partial charge on any atom is 0.327 e. The van der Waals surface area contributed by atoms with E-state index >= 15 is 0 Å². The lowest BCUT2D eigenvalue weighted by molar-refractivity contribution is 0.478. The predicted molar refractivity (Wildman–Crippen MR) is 96.1 cm³/mol. The number of para-hydroxylation sites is 2. The number of nitrogens with zero attached hydrogens (tertiary/aromatic N) is 4. The van der Waals surface area contributed by atoms with E-state index in [-0.39, 0.29) is 6.04 Å². The van der Waals surface area contributed by atoms with Gasteiger partial charge < -0.3 is 4.90 Å². The molecule has 0 saturated carbocycles. The van der Waals surface area contributed by atoms with Crippen molar-refractivity contribution in [2.75, 3.05) is 21.7 Å². The summed E-state index contributed by atoms with van der Waals surface area (Å²) in [7, 11) is -3.67. The van der Waals surface area contributed by atoms with Crippen molar-refractivity contribution < 1.29 is 8.42 Å². The zero-order valence-electron chi connectivity index (χ0n) is 13.6. The molecule has 2 aliphatic heterocycles. The molecule has 128 valence electrons. The van der Waals surface area contributed by atoms with Gasteiger partial charge in [-0.2, -0.15) is 13.7 Å². The molecular formula is C18H18N4O2S. The summed E-state index contributed by atoms with van der Waals surface area (Å²) in [5.74, 6) is 0. The number of hydrogen-bond donors (Lipinski definition) is 0. The van der Waals surface area contributed by atoms with Gasteiger partial charge >= 0.3 is 10.2 Å². The molecule has 1 fully saturated rings. The molecule has 1 atom stereocenters. The van der Waals surface area contributed by atoms with E-state index in [0.29, 0.717) is 37.4 Å². The lowest BCUT2D eigenvalue weighted by Gasteiger charge is -2.26. The van der Waals surface area contributed by atoms with Crippen molar-refractivity contribution in [2.45, 2.75) is 19.0 Å². The van der Waals surface area contributed by atoms with Crippen molar-refractivity contribution in [2.24, 2.45) is 0 Å². The summed E-state index contributed by atoms with van der Waals surface area (Å²) < 4.78 is 29.5. The van der Waals surface area contributed by atoms with E-state index in [1.54, 1.807) is 4.90 Å². The van der Waals surface area contributed by atoms with Gasteiger partial charge in [-0.3, -0.25) is 0 Å². The largest absolute Gasteiger partial charge is 0.327 e. The highest BCUT2D eigenvalue weighted by atomic mass is 32.2. The Morgan fingerprint density at radius 2 is 1.72 bits per heavy atom. The van der Waals surface area contributed by atoms with Crippen LogP contribution in [0.2, 0.25) is 0 Å². The second-order valence-electron chi connectivity index (χ2n) is 6.27. The molecule has 2 heterocycles. The summed E-state index contributed by atoms with van der Waals surface area (Å²) in [4.78, 5) is 1.61. The first-order valence-corrected chi connectivity index (χ1v) is 9.60. The topological polar surface area (TPSA) is 67.7 Å². The lowest BCUT2D eigenvalue weighted by Crippen LogP contribution is -2.44. The van der Waals surface area contributed by atoms with Crippen molar-refractivity contribution in [3.8, 4) is 6.19 Å². The molecule has 0 unspecified atom stereocenters. The number of hydrogen-bond acceptors (Lipinski definition) is 4. The number of nitriles is 1. The standard InChI is InChI=1S/C18H18N4O2S/c19-14-20-11-10-16(13-20)22-18-9-5-4-8-17(18)21(25(22,23)24)12-15-6-2-1-3-7-15/h1-9,16H,10-13H2/t16-/m1/s1. The number of fused-ring (bicyclic) bond motifs is 1. The van der Waals surface area contributed by atoms with Crippen LogP contribution < -0.4 is 8.61 Å². The van der Waals surface area contributed by atoms with Crippen LogP contribution in [0.1, 0.15) is 12.0 Å². The Kier molecular flexibility index (Phi) is 3.77. The molecule has 0 N–H and O–H groups in total. The summed E-state index contributed by atoms with van der Waals surface area (Å²) >= 11 is 0. The van der Waals surface area contributed by atoms with E-state index in [1.807, 2.05) is 54.6 Å². The van der Waals surface area contributed by atoms with Gasteiger partial charge in [0.05, 0.1) is 24.0 Å². The molecule has 0 radical (unpaired) electrons. The molecule has 7 heteroatoms. The minimum Gasteiger partial charge on any atom is -0.308 e. The summed E-state index contributed by atoms with van der Waals surface area (Å²) in [6, 6.07) is 16.7. The first-order chi connectivity index (χ1) is 12.1. The molecule has 0 bridgehead atoms. The van der Waals surface area contributed by atoms with Gasteiger partial charge in [0, 0.05) is 13.1 Å². The molecule has 2 aliphatic rings. The lowest BCUT2D eigenvalue weighted by atomic mass is 10.2. The van der Waals surface area contributed by atoms with Crippen LogP contribution in [-0.2, 0) is 16.8 Å². The van der Waals surface area contributed by atoms with Gasteiger partial charge in [-0.05, 0) is 24.1 Å². The summed E-state index contributed by atoms with van der Waals surface area (Å²) in [5, 5.41) is 9.10. The zero-order chi connectivity index (χ0) is 17.4. The van der Waals surface area contributed by atoms with E-state index in [9.17, 15) is 8.42 Å². The Hall–Kier alpha value is -2.72. The maximum atomic E-state index is 13.3. The second kappa shape index (κ2) is 5.97. The third kappa shape index (κ3) is 2.59. The van der Waals surface area contributed by atoms with Gasteiger partial charge in [-0.1, -0.05) is 42.5 Å². The highest BCUT2D eigenvalue weighted by Gasteiger charge is 2.45. The van der Waals surface area contributed by atoms with Gasteiger partial charge in [-0.15, -0.1) is 0 Å². The molecule has 0 amide bonds. The minimum atomic E-state index is -3.67. The molecule has 4 rings (SSSR count). The van der Waals surface area contributed by atoms with Gasteiger partial charge in [0.25, 0.3) is 0 Å². The van der Waals surface area contributed by atoms with E-state index in [4.69, 9.17) is 5.26 Å². The van der Waals surface area contributed by atoms with Crippen molar-refractivity contribution in [1.29, 1.82) is 5.26 Å². The summed E-state index contributed by atoms with van der Waals surface area (Å²) in [6.07, 6.45) is 2.77. The number of anilines is 2. The van der Waals surface area contributed by atoms with Crippen molar-refractivity contribution >= 4 is 21.6 Å². The van der Waals surface area contributed by atoms with Crippen LogP contribution in [0.4, 0.5) is 11.4 Å². The summed E-state index contributed by atoms with van der Waals surface area (Å²) in [5.41, 5.74) is 2.33. The predicted octanol–water partition coefficient (Wildman–Crippen LogP) is 2.31. The number of likely N-dealkylation sites (tertiary alicyclic amines) is 1. The van der Waals surface area contributed by atoms with E-state index in [0.717, 1.165) is 5.56 Å². The maximum absolute atomic E-state index is 13.3. The molecule has 6 nitrogen and oxygen atoms in total. The molecule has 1 saturated heterocycles. The van der Waals surface area contributed by atoms with E-state index in [1.165, 1.54) is 8.61 Å². The third-order valence-electron chi connectivity index (χ3n) is 4.72. The van der Waals surface area contributed by atoms with Crippen LogP contribution in [0.5, 0.6) is 0 Å². The Morgan fingerprint density at radius 3 is 2.40 bits per heavy atom. The molecular weight excluding hydrogens is 336 g/mol. The summed E-state index contributed by atoms with van der Waals surface area (Å²) in [6.45, 7) is 1.32. The SMILES string of the molecule is N#CN1CC[C@@H](N2c3ccccc3N(Cc3ccccc3)S2(=O)=O)C1. The zero-order valence-corrected chi connectivity index (χ0v) is 14.4. The Morgan fingerprint density at radius 1 is 1.04 bits per heavy atom. The quantitative estimate of drug-likeness (QED) is 0.794. The van der Waals surface area contributed by atoms with Crippen LogP contribution in [0.3, 0.4) is 0 Å². The van der Waals surface area contributed by atoms with Gasteiger partial charge in [0.1, 0.15) is 0 Å². The first-order valence-electron chi connectivity index (χ1n) is 8.21. The van der Waals surface area contributed by atoms with Crippen molar-refractivity contribution in [3.05, 3.63) is 60.2 Å². The fourth-order valence-corrected chi connectivity index (χ4v) is 5.42. The molecule has 0 aromatic heterocycles. The first kappa shape index (κ1) is 15.8. The van der Waals surface area contributed by atoms with Gasteiger partial charge in [0.2, 0.25) is 0 Å². The van der Waals surface area contributed by atoms with Crippen LogP contribution >= 0.6 is 0 Å². The van der Waals surface area contributed by atoms with E-state index in [2.05, 4.69) is 6.19 Å². The van der Waals surface area contributed by atoms with Crippen LogP contribution in [0.25, 0.3) is 0 Å². The third-order valence-corrected chi connectivity index (χ3v) is 6.60. The van der Waals surface area contributed by atoms with Crippen LogP contribution in [-0.4, -0.2) is 32.4 Å². The number of rotatable bonds is 3. The molecule has 0 aliphatic carbocycles. The Bertz CT molecular complexity index is 924. The molecule has 2 aromatic carbocycles. The molecule has 2 aromatic rings. The van der Waals surface area contributed by atoms with Crippen LogP contribution in [0, 0.1) is 11.5 Å². The minimum absolute atomic E-state index is 0.216. The Balaban J connectivity index is 1.74. The van der Waals surface area contributed by atoms with Crippen molar-refractivity contribution in [3.63, 3.8) is 0 Å². The molecule has 25 heavy (non-hydrogen) atoms. The Labute approximate surface area is 147 Å².